The second-order valence-electron chi connectivity index (χ2n) is 1.35. The summed E-state index contributed by atoms with van der Waals surface area (Å²) >= 11 is 2.98. The molecular formula is C4H3BrN2O2. The molecule has 9 heavy (non-hydrogen) atoms. The maximum atomic E-state index is 10.7. The number of alkyl halides is 1. The van der Waals surface area contributed by atoms with Crippen LogP contribution in [0.25, 0.3) is 0 Å². The largest absolute Gasteiger partial charge is 0.291 e. The van der Waals surface area contributed by atoms with Gasteiger partial charge in [-0.15, -0.1) is 0 Å². The molecule has 0 saturated heterocycles. The van der Waals surface area contributed by atoms with Crippen molar-refractivity contribution in [1.82, 2.24) is 10.3 Å². The molecule has 48 valence electrons. The molecule has 0 spiro atoms. The average Bonchev–Trinajstić information content (AvgIpc) is 2.37. The first-order chi connectivity index (χ1) is 4.34. The number of carbonyl (C=O) groups is 1. The summed E-state index contributed by atoms with van der Waals surface area (Å²) in [6.45, 7) is 0. The number of hydrogen-bond donors (Lipinski definition) is 0. The molecule has 1 aromatic rings. The summed E-state index contributed by atoms with van der Waals surface area (Å²) in [4.78, 5) is 10.7. The first kappa shape index (κ1) is 6.41. The van der Waals surface area contributed by atoms with Gasteiger partial charge in [-0.3, -0.25) is 4.79 Å². The zero-order valence-electron chi connectivity index (χ0n) is 4.37. The number of ketones is 1. The third-order valence-corrected chi connectivity index (χ3v) is 1.28. The Morgan fingerprint density at radius 2 is 2.67 bits per heavy atom. The molecule has 0 aliphatic rings. The summed E-state index contributed by atoms with van der Waals surface area (Å²) in [5, 5.41) is 6.84. The van der Waals surface area contributed by atoms with Gasteiger partial charge in [0.05, 0.1) is 5.33 Å². The normalized spacial score (nSPS) is 9.44. The minimum Gasteiger partial charge on any atom is -0.291 e. The average molecular weight is 191 g/mol. The van der Waals surface area contributed by atoms with Crippen LogP contribution in [0, 0.1) is 0 Å². The zero-order chi connectivity index (χ0) is 6.69. The number of hydrogen-bond acceptors (Lipinski definition) is 4. The van der Waals surface area contributed by atoms with E-state index >= 15 is 0 Å². The van der Waals surface area contributed by atoms with Gasteiger partial charge in [0.15, 0.2) is 11.5 Å². The molecular weight excluding hydrogens is 188 g/mol. The number of halogens is 1. The van der Waals surface area contributed by atoms with Crippen LogP contribution in [-0.2, 0) is 0 Å². The van der Waals surface area contributed by atoms with Crippen molar-refractivity contribution in [2.24, 2.45) is 0 Å². The Balaban J connectivity index is 2.77. The van der Waals surface area contributed by atoms with Crippen molar-refractivity contribution < 1.29 is 9.42 Å². The minimum absolute atomic E-state index is 0.128. The molecule has 0 aromatic carbocycles. The third-order valence-electron chi connectivity index (χ3n) is 0.768. The summed E-state index contributed by atoms with van der Waals surface area (Å²) in [6, 6.07) is 0. The van der Waals surface area contributed by atoms with Crippen molar-refractivity contribution >= 4 is 21.7 Å². The Labute approximate surface area is 59.3 Å². The Hall–Kier alpha value is -0.710. The molecule has 1 heterocycles. The SMILES string of the molecule is O=C(CBr)c1cnon1. The molecule has 0 amide bonds. The summed E-state index contributed by atoms with van der Waals surface area (Å²) in [6.07, 6.45) is 1.28. The van der Waals surface area contributed by atoms with Crippen molar-refractivity contribution in [3.63, 3.8) is 0 Å². The number of nitrogens with zero attached hydrogens (tertiary/aromatic N) is 2. The Kier molecular flexibility index (Phi) is 1.94. The van der Waals surface area contributed by atoms with E-state index in [0.29, 0.717) is 0 Å². The van der Waals surface area contributed by atoms with E-state index in [0.717, 1.165) is 0 Å². The third kappa shape index (κ3) is 1.35. The number of carbonyl (C=O) groups excluding carboxylic acids is 1. The standard InChI is InChI=1S/C4H3BrN2O2/c5-1-4(8)3-2-6-9-7-3/h2H,1H2. The Morgan fingerprint density at radius 3 is 3.11 bits per heavy atom. The van der Waals surface area contributed by atoms with E-state index in [2.05, 4.69) is 30.9 Å². The van der Waals surface area contributed by atoms with Gasteiger partial charge < -0.3 is 0 Å². The quantitative estimate of drug-likeness (QED) is 0.508. The fraction of sp³-hybridized carbons (Fsp3) is 0.250. The maximum absolute atomic E-state index is 10.7. The van der Waals surface area contributed by atoms with Gasteiger partial charge in [-0.05, 0) is 5.16 Å². The van der Waals surface area contributed by atoms with Crippen molar-refractivity contribution in [3.05, 3.63) is 11.9 Å². The van der Waals surface area contributed by atoms with E-state index in [9.17, 15) is 4.79 Å². The van der Waals surface area contributed by atoms with Crippen LogP contribution in [0.15, 0.2) is 10.8 Å². The van der Waals surface area contributed by atoms with Gasteiger partial charge in [-0.1, -0.05) is 21.1 Å². The summed E-state index contributed by atoms with van der Waals surface area (Å²) in [7, 11) is 0. The van der Waals surface area contributed by atoms with Gasteiger partial charge in [0, 0.05) is 0 Å². The molecule has 4 nitrogen and oxygen atoms in total. The molecule has 0 saturated carbocycles. The lowest BCUT2D eigenvalue weighted by atomic mass is 10.3. The van der Waals surface area contributed by atoms with Gasteiger partial charge in [0.25, 0.3) is 0 Å². The van der Waals surface area contributed by atoms with E-state index in [4.69, 9.17) is 0 Å². The van der Waals surface area contributed by atoms with Gasteiger partial charge in [-0.2, -0.15) is 0 Å². The van der Waals surface area contributed by atoms with Crippen molar-refractivity contribution in [2.45, 2.75) is 0 Å². The summed E-state index contributed by atoms with van der Waals surface area (Å²) < 4.78 is 4.20. The van der Waals surface area contributed by atoms with Crippen molar-refractivity contribution in [2.75, 3.05) is 5.33 Å². The first-order valence-electron chi connectivity index (χ1n) is 2.21. The zero-order valence-corrected chi connectivity index (χ0v) is 5.96. The van der Waals surface area contributed by atoms with E-state index in [1.165, 1.54) is 6.20 Å². The number of rotatable bonds is 2. The van der Waals surface area contributed by atoms with Gasteiger partial charge in [0.2, 0.25) is 0 Å². The fourth-order valence-corrected chi connectivity index (χ4v) is 0.643. The smallest absolute Gasteiger partial charge is 0.196 e. The lowest BCUT2D eigenvalue weighted by Gasteiger charge is -1.80. The van der Waals surface area contributed by atoms with Crippen LogP contribution < -0.4 is 0 Å². The predicted molar refractivity (Wildman–Crippen MR) is 32.4 cm³/mol. The van der Waals surface area contributed by atoms with Crippen LogP contribution in [0.4, 0.5) is 0 Å². The first-order valence-corrected chi connectivity index (χ1v) is 3.33. The van der Waals surface area contributed by atoms with Gasteiger partial charge in [-0.25, -0.2) is 4.63 Å². The van der Waals surface area contributed by atoms with Crippen LogP contribution in [0.5, 0.6) is 0 Å². The lowest BCUT2D eigenvalue weighted by molar-refractivity contribution is 0.101. The molecule has 0 radical (unpaired) electrons. The van der Waals surface area contributed by atoms with Crippen LogP contribution in [-0.4, -0.2) is 21.4 Å². The predicted octanol–water partition coefficient (Wildman–Crippen LogP) is 0.647. The topological polar surface area (TPSA) is 56.0 Å². The van der Waals surface area contributed by atoms with Crippen LogP contribution in [0.1, 0.15) is 10.5 Å². The highest BCUT2D eigenvalue weighted by molar-refractivity contribution is 9.09. The molecule has 0 unspecified atom stereocenters. The molecule has 0 aliphatic carbocycles. The monoisotopic (exact) mass is 190 g/mol. The molecule has 0 atom stereocenters. The lowest BCUT2D eigenvalue weighted by Crippen LogP contribution is -1.98. The van der Waals surface area contributed by atoms with E-state index < -0.39 is 0 Å². The van der Waals surface area contributed by atoms with Crippen LogP contribution in [0.3, 0.4) is 0 Å². The van der Waals surface area contributed by atoms with Crippen molar-refractivity contribution in [1.29, 1.82) is 0 Å². The van der Waals surface area contributed by atoms with E-state index in [-0.39, 0.29) is 16.8 Å². The molecule has 1 aromatic heterocycles. The fourth-order valence-electron chi connectivity index (χ4n) is 0.356. The van der Waals surface area contributed by atoms with Crippen molar-refractivity contribution in [3.8, 4) is 0 Å². The van der Waals surface area contributed by atoms with Crippen LogP contribution >= 0.6 is 15.9 Å². The van der Waals surface area contributed by atoms with Gasteiger partial charge in [0.1, 0.15) is 6.20 Å². The second-order valence-corrected chi connectivity index (χ2v) is 1.91. The highest BCUT2D eigenvalue weighted by Gasteiger charge is 2.06. The molecule has 0 aliphatic heterocycles. The molecule has 0 fully saturated rings. The molecule has 5 heteroatoms. The molecule has 0 N–H and O–H groups in total. The van der Waals surface area contributed by atoms with Crippen LogP contribution in [0.2, 0.25) is 0 Å². The Morgan fingerprint density at radius 1 is 1.89 bits per heavy atom. The summed E-state index contributed by atoms with van der Waals surface area (Å²) in [5.41, 5.74) is 0.256. The highest BCUT2D eigenvalue weighted by Crippen LogP contribution is 1.95. The molecule has 0 bridgehead atoms. The van der Waals surface area contributed by atoms with E-state index in [1.807, 2.05) is 0 Å². The summed E-state index contributed by atoms with van der Waals surface area (Å²) in [5.74, 6) is -0.128. The minimum atomic E-state index is -0.128. The van der Waals surface area contributed by atoms with E-state index in [1.54, 1.807) is 0 Å². The highest BCUT2D eigenvalue weighted by atomic mass is 79.9. The number of Topliss-reactive ketones (excluding diaryl/α,β-unsaturated/α-hetero) is 1. The Bertz CT molecular complexity index is 196. The second kappa shape index (κ2) is 2.72. The maximum Gasteiger partial charge on any atom is 0.196 e. The molecule has 1 rings (SSSR count). The number of aromatic nitrogens is 2. The van der Waals surface area contributed by atoms with Gasteiger partial charge >= 0.3 is 0 Å².